The lowest BCUT2D eigenvalue weighted by Crippen LogP contribution is -1.85. The van der Waals surface area contributed by atoms with Crippen LogP contribution in [-0.4, -0.2) is 0 Å². The lowest BCUT2D eigenvalue weighted by molar-refractivity contribution is 0.418. The van der Waals surface area contributed by atoms with Crippen molar-refractivity contribution in [3.63, 3.8) is 0 Å². The van der Waals surface area contributed by atoms with Gasteiger partial charge >= 0.3 is 0 Å². The van der Waals surface area contributed by atoms with Crippen molar-refractivity contribution < 1.29 is 13.3 Å². The fourth-order valence-electron chi connectivity index (χ4n) is 4.06. The maximum atomic E-state index is 6.04. The zero-order valence-electron chi connectivity index (χ0n) is 19.6. The Balaban J connectivity index is 1.40. The Labute approximate surface area is 188 Å². The maximum absolute atomic E-state index is 6.04. The Morgan fingerprint density at radius 2 is 0.742 bits per heavy atom. The highest BCUT2D eigenvalue weighted by Crippen LogP contribution is 2.21. The van der Waals surface area contributed by atoms with Crippen molar-refractivity contribution in [2.45, 2.75) is 104 Å². The standard InChI is InChI=1S/C28H40O3/c1-3-5-7-9-11-13-23-15-17-25(29-23)21-27-19-20-28(31-27)22-26-18-16-24(30-26)14-12-10-8-6-4-2/h15-20H,3-14,21-22H2,1-2H3. The van der Waals surface area contributed by atoms with Crippen LogP contribution >= 0.6 is 0 Å². The number of aryl methyl sites for hydroxylation is 2. The van der Waals surface area contributed by atoms with Crippen LogP contribution in [0, 0.1) is 0 Å². The summed E-state index contributed by atoms with van der Waals surface area (Å²) in [6.45, 7) is 4.50. The molecule has 31 heavy (non-hydrogen) atoms. The molecule has 0 radical (unpaired) electrons. The minimum Gasteiger partial charge on any atom is -0.466 e. The highest BCUT2D eigenvalue weighted by atomic mass is 16.4. The van der Waals surface area contributed by atoms with E-state index in [4.69, 9.17) is 13.3 Å². The van der Waals surface area contributed by atoms with Crippen molar-refractivity contribution in [2.24, 2.45) is 0 Å². The van der Waals surface area contributed by atoms with Crippen LogP contribution in [0.3, 0.4) is 0 Å². The molecule has 0 saturated carbocycles. The molecule has 0 aliphatic rings. The molecule has 3 nitrogen and oxygen atoms in total. The van der Waals surface area contributed by atoms with Gasteiger partial charge in [0, 0.05) is 12.8 Å². The molecule has 0 aromatic carbocycles. The molecule has 0 bridgehead atoms. The van der Waals surface area contributed by atoms with Crippen LogP contribution in [0.2, 0.25) is 0 Å². The summed E-state index contributed by atoms with van der Waals surface area (Å²) in [4.78, 5) is 0. The van der Waals surface area contributed by atoms with E-state index in [0.717, 1.165) is 47.4 Å². The maximum Gasteiger partial charge on any atom is 0.111 e. The van der Waals surface area contributed by atoms with E-state index in [2.05, 4.69) is 50.2 Å². The molecule has 0 fully saturated rings. The lowest BCUT2D eigenvalue weighted by Gasteiger charge is -1.99. The van der Waals surface area contributed by atoms with Gasteiger partial charge in [0.1, 0.15) is 34.6 Å². The van der Waals surface area contributed by atoms with Crippen molar-refractivity contribution in [2.75, 3.05) is 0 Å². The zero-order chi connectivity index (χ0) is 21.7. The molecule has 0 spiro atoms. The summed E-state index contributed by atoms with van der Waals surface area (Å²) in [7, 11) is 0. The van der Waals surface area contributed by atoms with Crippen LogP contribution in [0.4, 0.5) is 0 Å². The third kappa shape index (κ3) is 8.47. The number of furan rings is 3. The van der Waals surface area contributed by atoms with Gasteiger partial charge in [-0.3, -0.25) is 0 Å². The summed E-state index contributed by atoms with van der Waals surface area (Å²) in [5.41, 5.74) is 0. The highest BCUT2D eigenvalue weighted by molar-refractivity contribution is 5.19. The quantitative estimate of drug-likeness (QED) is 0.216. The second-order valence-electron chi connectivity index (χ2n) is 8.79. The predicted molar refractivity (Wildman–Crippen MR) is 127 cm³/mol. The minimum absolute atomic E-state index is 0.705. The van der Waals surface area contributed by atoms with E-state index >= 15 is 0 Å². The Morgan fingerprint density at radius 3 is 1.13 bits per heavy atom. The molecular formula is C28H40O3. The van der Waals surface area contributed by atoms with Gasteiger partial charge in [0.25, 0.3) is 0 Å². The third-order valence-electron chi connectivity index (χ3n) is 5.90. The van der Waals surface area contributed by atoms with E-state index in [9.17, 15) is 0 Å². The molecule has 3 aromatic heterocycles. The monoisotopic (exact) mass is 424 g/mol. The van der Waals surface area contributed by atoms with Crippen molar-refractivity contribution in [3.8, 4) is 0 Å². The van der Waals surface area contributed by atoms with Crippen LogP contribution in [0.15, 0.2) is 49.6 Å². The number of hydrogen-bond donors (Lipinski definition) is 0. The first-order valence-electron chi connectivity index (χ1n) is 12.5. The molecule has 170 valence electrons. The van der Waals surface area contributed by atoms with Crippen LogP contribution in [0.5, 0.6) is 0 Å². The van der Waals surface area contributed by atoms with E-state index in [1.807, 2.05) is 0 Å². The fourth-order valence-corrected chi connectivity index (χ4v) is 4.06. The normalized spacial score (nSPS) is 11.4. The van der Waals surface area contributed by atoms with Gasteiger partial charge in [-0.05, 0) is 49.2 Å². The molecule has 0 N–H and O–H groups in total. The minimum atomic E-state index is 0.705. The van der Waals surface area contributed by atoms with E-state index in [0.29, 0.717) is 12.8 Å². The summed E-state index contributed by atoms with van der Waals surface area (Å²) in [6.07, 6.45) is 16.4. The van der Waals surface area contributed by atoms with Crippen molar-refractivity contribution >= 4 is 0 Å². The first kappa shape index (κ1) is 23.5. The molecule has 0 amide bonds. The Hall–Kier alpha value is -2.16. The van der Waals surface area contributed by atoms with Crippen LogP contribution in [0.1, 0.15) is 113 Å². The molecule has 3 heterocycles. The first-order chi connectivity index (χ1) is 15.3. The Kier molecular flexibility index (Phi) is 10.1. The number of rotatable bonds is 16. The molecule has 3 rings (SSSR count). The summed E-state index contributed by atoms with van der Waals surface area (Å²) in [6, 6.07) is 12.5. The van der Waals surface area contributed by atoms with Gasteiger partial charge in [-0.2, -0.15) is 0 Å². The topological polar surface area (TPSA) is 39.4 Å². The Morgan fingerprint density at radius 1 is 0.419 bits per heavy atom. The SMILES string of the molecule is CCCCCCCc1ccc(Cc2ccc(Cc3ccc(CCCCCCC)o3)o2)o1. The Bertz CT molecular complexity index is 782. The second-order valence-corrected chi connectivity index (χ2v) is 8.79. The smallest absolute Gasteiger partial charge is 0.111 e. The molecule has 0 saturated heterocycles. The van der Waals surface area contributed by atoms with E-state index < -0.39 is 0 Å². The molecular weight excluding hydrogens is 384 g/mol. The van der Waals surface area contributed by atoms with E-state index in [-0.39, 0.29) is 0 Å². The van der Waals surface area contributed by atoms with E-state index in [1.165, 1.54) is 64.2 Å². The predicted octanol–water partition coefficient (Wildman–Crippen LogP) is 8.67. The molecule has 0 atom stereocenters. The molecule has 3 heteroatoms. The summed E-state index contributed by atoms with van der Waals surface area (Å²) < 4.78 is 18.1. The van der Waals surface area contributed by atoms with Gasteiger partial charge in [-0.1, -0.05) is 65.2 Å². The van der Waals surface area contributed by atoms with Gasteiger partial charge in [-0.25, -0.2) is 0 Å². The summed E-state index contributed by atoms with van der Waals surface area (Å²) >= 11 is 0. The van der Waals surface area contributed by atoms with Crippen molar-refractivity contribution in [3.05, 3.63) is 71.0 Å². The average molecular weight is 425 g/mol. The summed E-state index contributed by atoms with van der Waals surface area (Å²) in [5.74, 6) is 6.04. The van der Waals surface area contributed by atoms with Crippen LogP contribution < -0.4 is 0 Å². The summed E-state index contributed by atoms with van der Waals surface area (Å²) in [5, 5.41) is 0. The van der Waals surface area contributed by atoms with Gasteiger partial charge < -0.3 is 13.3 Å². The number of hydrogen-bond acceptors (Lipinski definition) is 3. The molecule has 0 unspecified atom stereocenters. The first-order valence-corrected chi connectivity index (χ1v) is 12.5. The van der Waals surface area contributed by atoms with Gasteiger partial charge in [-0.15, -0.1) is 0 Å². The second kappa shape index (κ2) is 13.3. The van der Waals surface area contributed by atoms with Crippen LogP contribution in [-0.2, 0) is 25.7 Å². The van der Waals surface area contributed by atoms with Crippen molar-refractivity contribution in [1.82, 2.24) is 0 Å². The van der Waals surface area contributed by atoms with Gasteiger partial charge in [0.2, 0.25) is 0 Å². The van der Waals surface area contributed by atoms with E-state index in [1.54, 1.807) is 0 Å². The van der Waals surface area contributed by atoms with Gasteiger partial charge in [0.15, 0.2) is 0 Å². The number of unbranched alkanes of at least 4 members (excludes halogenated alkanes) is 8. The lowest BCUT2D eigenvalue weighted by atomic mass is 10.1. The fraction of sp³-hybridized carbons (Fsp3) is 0.571. The molecule has 3 aromatic rings. The largest absolute Gasteiger partial charge is 0.466 e. The molecule has 0 aliphatic carbocycles. The third-order valence-corrected chi connectivity index (χ3v) is 5.90. The van der Waals surface area contributed by atoms with Gasteiger partial charge in [0.05, 0.1) is 12.8 Å². The van der Waals surface area contributed by atoms with Crippen molar-refractivity contribution in [1.29, 1.82) is 0 Å². The van der Waals surface area contributed by atoms with Crippen LogP contribution in [0.25, 0.3) is 0 Å². The average Bonchev–Trinajstić information content (AvgIpc) is 3.51. The molecule has 0 aliphatic heterocycles. The highest BCUT2D eigenvalue weighted by Gasteiger charge is 2.10. The zero-order valence-corrected chi connectivity index (χ0v) is 19.6.